The number of methoxy groups -OCH3 is 1. The summed E-state index contributed by atoms with van der Waals surface area (Å²) in [6.45, 7) is 2.54. The summed E-state index contributed by atoms with van der Waals surface area (Å²) in [6, 6.07) is 10.1. The van der Waals surface area contributed by atoms with Crippen molar-refractivity contribution in [1.29, 1.82) is 5.26 Å². The van der Waals surface area contributed by atoms with E-state index in [9.17, 15) is 0 Å². The summed E-state index contributed by atoms with van der Waals surface area (Å²) >= 11 is 0. The Labute approximate surface area is 136 Å². The van der Waals surface area contributed by atoms with Crippen molar-refractivity contribution in [3.05, 3.63) is 41.4 Å². The summed E-state index contributed by atoms with van der Waals surface area (Å²) in [6.07, 6.45) is 0.659. The number of benzene rings is 1. The fourth-order valence-corrected chi connectivity index (χ4v) is 2.33. The molecular weight excluding hydrogens is 292 g/mol. The number of nitrogens with zero attached hydrogens (tertiary/aromatic N) is 3. The van der Waals surface area contributed by atoms with Crippen molar-refractivity contribution in [3.63, 3.8) is 0 Å². The highest BCUT2D eigenvalue weighted by molar-refractivity contribution is 5.45. The number of rotatable bonds is 7. The maximum Gasteiger partial charge on any atom is 0.232 e. The van der Waals surface area contributed by atoms with Crippen LogP contribution < -0.4 is 10.1 Å². The third kappa shape index (κ3) is 4.02. The first-order valence-corrected chi connectivity index (χ1v) is 7.53. The second-order valence-electron chi connectivity index (χ2n) is 5.38. The van der Waals surface area contributed by atoms with Crippen molar-refractivity contribution < 1.29 is 9.15 Å². The molecule has 1 aromatic carbocycles. The molecule has 0 spiro atoms. The Morgan fingerprint density at radius 1 is 1.35 bits per heavy atom. The number of nitrogens with one attached hydrogen (secondary N) is 1. The Bertz CT molecular complexity index is 671. The number of likely N-dealkylation sites (N-methyl/N-ethyl adjacent to an activating group) is 1. The van der Waals surface area contributed by atoms with Gasteiger partial charge in [-0.2, -0.15) is 5.26 Å². The average molecular weight is 314 g/mol. The Morgan fingerprint density at radius 2 is 2.04 bits per heavy atom. The van der Waals surface area contributed by atoms with E-state index in [1.54, 1.807) is 7.11 Å². The molecule has 1 heterocycles. The van der Waals surface area contributed by atoms with Crippen LogP contribution in [0.1, 0.15) is 30.1 Å². The fourth-order valence-electron chi connectivity index (χ4n) is 2.33. The third-order valence-corrected chi connectivity index (χ3v) is 3.66. The number of anilines is 1. The molecule has 0 fully saturated rings. The summed E-state index contributed by atoms with van der Waals surface area (Å²) in [5, 5.41) is 12.3. The van der Waals surface area contributed by atoms with E-state index in [0.29, 0.717) is 30.4 Å². The number of nitriles is 1. The van der Waals surface area contributed by atoms with Gasteiger partial charge < -0.3 is 19.4 Å². The first-order valence-electron chi connectivity index (χ1n) is 7.53. The van der Waals surface area contributed by atoms with E-state index < -0.39 is 0 Å². The van der Waals surface area contributed by atoms with E-state index in [0.717, 1.165) is 11.3 Å². The fraction of sp³-hybridized carbons (Fsp3) is 0.412. The minimum atomic E-state index is 0.127. The van der Waals surface area contributed by atoms with Crippen molar-refractivity contribution in [2.45, 2.75) is 19.4 Å². The molecule has 0 aliphatic rings. The van der Waals surface area contributed by atoms with Gasteiger partial charge >= 0.3 is 0 Å². The van der Waals surface area contributed by atoms with E-state index in [-0.39, 0.29) is 6.04 Å². The third-order valence-electron chi connectivity index (χ3n) is 3.66. The van der Waals surface area contributed by atoms with E-state index in [4.69, 9.17) is 14.4 Å². The second-order valence-corrected chi connectivity index (χ2v) is 5.38. The molecule has 23 heavy (non-hydrogen) atoms. The molecular formula is C17H22N4O2. The lowest BCUT2D eigenvalue weighted by molar-refractivity contribution is 0.310. The molecule has 0 aliphatic heterocycles. The lowest BCUT2D eigenvalue weighted by atomic mass is 10.1. The van der Waals surface area contributed by atoms with Crippen molar-refractivity contribution in [1.82, 2.24) is 9.88 Å². The number of hydrogen-bond donors (Lipinski definition) is 1. The molecule has 0 radical (unpaired) electrons. The highest BCUT2D eigenvalue weighted by Gasteiger charge is 2.17. The lowest BCUT2D eigenvalue weighted by Gasteiger charge is -2.25. The Hall–Kier alpha value is -2.52. The molecule has 0 saturated heterocycles. The van der Waals surface area contributed by atoms with Crippen LogP contribution in [0.4, 0.5) is 5.88 Å². The normalized spacial score (nSPS) is 12.0. The van der Waals surface area contributed by atoms with Crippen LogP contribution in [0.15, 0.2) is 28.7 Å². The zero-order valence-corrected chi connectivity index (χ0v) is 14.0. The molecule has 6 nitrogen and oxygen atoms in total. The topological polar surface area (TPSA) is 74.3 Å². The standard InChI is InChI=1S/C17H22N4O2/c1-5-16-20-14(10-18)17(23-16)19-11-15(21(2)3)12-6-8-13(22-4)9-7-12/h6-9,15,19H,5,11H2,1-4H3. The van der Waals surface area contributed by atoms with Gasteiger partial charge in [0, 0.05) is 13.0 Å². The molecule has 122 valence electrons. The molecule has 0 saturated carbocycles. The molecule has 1 aromatic heterocycles. The molecule has 2 aromatic rings. The average Bonchev–Trinajstić information content (AvgIpc) is 2.97. The van der Waals surface area contributed by atoms with Gasteiger partial charge in [-0.1, -0.05) is 19.1 Å². The van der Waals surface area contributed by atoms with Gasteiger partial charge in [-0.3, -0.25) is 0 Å². The first-order chi connectivity index (χ1) is 11.1. The van der Waals surface area contributed by atoms with Crippen LogP contribution in [0.5, 0.6) is 5.75 Å². The zero-order valence-electron chi connectivity index (χ0n) is 14.0. The quantitative estimate of drug-likeness (QED) is 0.847. The van der Waals surface area contributed by atoms with Gasteiger partial charge in [0.05, 0.1) is 13.2 Å². The lowest BCUT2D eigenvalue weighted by Crippen LogP contribution is -2.26. The second kappa shape index (κ2) is 7.65. The summed E-state index contributed by atoms with van der Waals surface area (Å²) < 4.78 is 10.8. The van der Waals surface area contributed by atoms with Gasteiger partial charge in [-0.25, -0.2) is 4.98 Å². The smallest absolute Gasteiger partial charge is 0.232 e. The van der Waals surface area contributed by atoms with Crippen LogP contribution in [-0.4, -0.2) is 37.6 Å². The predicted octanol–water partition coefficient (Wildman–Crippen LogP) is 2.83. The van der Waals surface area contributed by atoms with Crippen LogP contribution in [0.25, 0.3) is 0 Å². The summed E-state index contributed by atoms with van der Waals surface area (Å²) in [4.78, 5) is 6.25. The van der Waals surface area contributed by atoms with E-state index >= 15 is 0 Å². The molecule has 0 amide bonds. The Kier molecular flexibility index (Phi) is 5.61. The Morgan fingerprint density at radius 3 is 2.57 bits per heavy atom. The molecule has 0 bridgehead atoms. The number of aryl methyl sites for hydroxylation is 1. The Balaban J connectivity index is 2.14. The van der Waals surface area contributed by atoms with Gasteiger partial charge in [0.15, 0.2) is 5.89 Å². The van der Waals surface area contributed by atoms with Gasteiger partial charge in [-0.15, -0.1) is 0 Å². The van der Waals surface area contributed by atoms with E-state index in [1.807, 2.05) is 45.3 Å². The van der Waals surface area contributed by atoms with Gasteiger partial charge in [0.1, 0.15) is 11.8 Å². The predicted molar refractivity (Wildman–Crippen MR) is 88.5 cm³/mol. The molecule has 1 atom stereocenters. The van der Waals surface area contributed by atoms with E-state index in [2.05, 4.69) is 21.3 Å². The van der Waals surface area contributed by atoms with Crippen molar-refractivity contribution in [3.8, 4) is 11.8 Å². The number of hydrogen-bond acceptors (Lipinski definition) is 6. The maximum atomic E-state index is 9.14. The van der Waals surface area contributed by atoms with Crippen LogP contribution in [-0.2, 0) is 6.42 Å². The molecule has 0 aliphatic carbocycles. The van der Waals surface area contributed by atoms with Crippen molar-refractivity contribution >= 4 is 5.88 Å². The van der Waals surface area contributed by atoms with Gasteiger partial charge in [0.2, 0.25) is 11.6 Å². The molecule has 1 unspecified atom stereocenters. The summed E-state index contributed by atoms with van der Waals surface area (Å²) in [5.74, 6) is 1.83. The largest absolute Gasteiger partial charge is 0.497 e. The molecule has 6 heteroatoms. The van der Waals surface area contributed by atoms with E-state index in [1.165, 1.54) is 0 Å². The monoisotopic (exact) mass is 314 g/mol. The highest BCUT2D eigenvalue weighted by atomic mass is 16.5. The summed E-state index contributed by atoms with van der Waals surface area (Å²) in [7, 11) is 5.68. The zero-order chi connectivity index (χ0) is 16.8. The van der Waals surface area contributed by atoms with Gasteiger partial charge in [0.25, 0.3) is 0 Å². The number of ether oxygens (including phenoxy) is 1. The molecule has 1 N–H and O–H groups in total. The van der Waals surface area contributed by atoms with Gasteiger partial charge in [-0.05, 0) is 31.8 Å². The highest BCUT2D eigenvalue weighted by Crippen LogP contribution is 2.23. The maximum absolute atomic E-state index is 9.14. The van der Waals surface area contributed by atoms with Crippen molar-refractivity contribution in [2.24, 2.45) is 0 Å². The summed E-state index contributed by atoms with van der Waals surface area (Å²) in [5.41, 5.74) is 1.45. The van der Waals surface area contributed by atoms with Crippen LogP contribution in [0.3, 0.4) is 0 Å². The number of oxazole rings is 1. The minimum Gasteiger partial charge on any atom is -0.497 e. The van der Waals surface area contributed by atoms with Crippen molar-refractivity contribution in [2.75, 3.05) is 33.1 Å². The molecule has 2 rings (SSSR count). The number of aromatic nitrogens is 1. The van der Waals surface area contributed by atoms with Crippen LogP contribution in [0.2, 0.25) is 0 Å². The first kappa shape index (κ1) is 16.8. The minimum absolute atomic E-state index is 0.127. The van der Waals surface area contributed by atoms with Crippen LogP contribution >= 0.6 is 0 Å². The van der Waals surface area contributed by atoms with Crippen LogP contribution in [0, 0.1) is 11.3 Å². The SMILES string of the molecule is CCc1nc(C#N)c(NCC(c2ccc(OC)cc2)N(C)C)o1.